The van der Waals surface area contributed by atoms with Crippen molar-refractivity contribution in [2.24, 2.45) is 5.92 Å². The van der Waals surface area contributed by atoms with Crippen LogP contribution in [0.15, 0.2) is 0 Å². The van der Waals surface area contributed by atoms with Crippen molar-refractivity contribution in [1.29, 1.82) is 0 Å². The number of rotatable bonds is 7. The highest BCUT2D eigenvalue weighted by Crippen LogP contribution is 2.21. The van der Waals surface area contributed by atoms with Gasteiger partial charge in [-0.05, 0) is 58.2 Å². The second-order valence-electron chi connectivity index (χ2n) is 6.81. The van der Waals surface area contributed by atoms with Gasteiger partial charge in [-0.1, -0.05) is 27.2 Å². The molecule has 0 spiro atoms. The van der Waals surface area contributed by atoms with E-state index in [0.29, 0.717) is 6.04 Å². The van der Waals surface area contributed by atoms with Crippen LogP contribution in [0.25, 0.3) is 0 Å². The molecule has 1 aliphatic heterocycles. The van der Waals surface area contributed by atoms with Crippen LogP contribution in [0.3, 0.4) is 0 Å². The molecule has 3 heteroatoms. The molecule has 2 atom stereocenters. The van der Waals surface area contributed by atoms with Gasteiger partial charge in [0.2, 0.25) is 0 Å². The Morgan fingerprint density at radius 2 is 2.05 bits per heavy atom. The summed E-state index contributed by atoms with van der Waals surface area (Å²) in [5, 5.41) is 13.1. The van der Waals surface area contributed by atoms with Gasteiger partial charge in [-0.25, -0.2) is 0 Å². The predicted octanol–water partition coefficient (Wildman–Crippen LogP) is 2.64. The third-order valence-electron chi connectivity index (χ3n) is 4.48. The predicted molar refractivity (Wildman–Crippen MR) is 82.5 cm³/mol. The van der Waals surface area contributed by atoms with Crippen LogP contribution in [0.5, 0.6) is 0 Å². The van der Waals surface area contributed by atoms with E-state index in [0.717, 1.165) is 18.9 Å². The Bertz CT molecular complexity index is 245. The van der Waals surface area contributed by atoms with Crippen LogP contribution in [-0.4, -0.2) is 47.8 Å². The topological polar surface area (TPSA) is 35.5 Å². The Labute approximate surface area is 119 Å². The number of aliphatic hydroxyl groups is 1. The van der Waals surface area contributed by atoms with E-state index in [4.69, 9.17) is 0 Å². The summed E-state index contributed by atoms with van der Waals surface area (Å²) in [5.74, 6) is 0.933. The van der Waals surface area contributed by atoms with Crippen molar-refractivity contribution in [2.75, 3.05) is 26.2 Å². The van der Waals surface area contributed by atoms with Crippen LogP contribution in [0.4, 0.5) is 0 Å². The zero-order chi connectivity index (χ0) is 14.3. The molecule has 0 saturated carbocycles. The number of hydrogen-bond donors (Lipinski definition) is 2. The lowest BCUT2D eigenvalue weighted by Crippen LogP contribution is -2.51. The highest BCUT2D eigenvalue weighted by molar-refractivity contribution is 4.85. The Kier molecular flexibility index (Phi) is 7.33. The Morgan fingerprint density at radius 1 is 1.32 bits per heavy atom. The summed E-state index contributed by atoms with van der Waals surface area (Å²) in [7, 11) is 0. The highest BCUT2D eigenvalue weighted by atomic mass is 16.3. The fraction of sp³-hybridized carbons (Fsp3) is 1.00. The van der Waals surface area contributed by atoms with Gasteiger partial charge >= 0.3 is 0 Å². The van der Waals surface area contributed by atoms with Gasteiger partial charge in [0.05, 0.1) is 6.61 Å². The van der Waals surface area contributed by atoms with Crippen molar-refractivity contribution >= 4 is 0 Å². The molecule has 2 N–H and O–H groups in total. The van der Waals surface area contributed by atoms with Gasteiger partial charge in [0, 0.05) is 11.6 Å². The largest absolute Gasteiger partial charge is 0.394 e. The van der Waals surface area contributed by atoms with E-state index in [1.165, 1.54) is 38.8 Å². The minimum absolute atomic E-state index is 0.134. The first kappa shape index (κ1) is 16.9. The lowest BCUT2D eigenvalue weighted by molar-refractivity contribution is 0.138. The SMILES string of the molecule is CCC1CCCN(CCC(C)(CO)NC(C)C)CC1. The summed E-state index contributed by atoms with van der Waals surface area (Å²) in [6, 6.07) is 0.422. The summed E-state index contributed by atoms with van der Waals surface area (Å²) in [5.41, 5.74) is -0.134. The van der Waals surface area contributed by atoms with E-state index < -0.39 is 0 Å². The normalized spacial score (nSPS) is 25.3. The van der Waals surface area contributed by atoms with E-state index in [1.807, 2.05) is 0 Å². The van der Waals surface area contributed by atoms with Crippen molar-refractivity contribution in [1.82, 2.24) is 10.2 Å². The molecule has 3 nitrogen and oxygen atoms in total. The highest BCUT2D eigenvalue weighted by Gasteiger charge is 2.25. The molecule has 114 valence electrons. The number of nitrogens with zero attached hydrogens (tertiary/aromatic N) is 1. The first-order chi connectivity index (χ1) is 8.99. The molecule has 1 aliphatic rings. The van der Waals surface area contributed by atoms with Crippen LogP contribution in [0.1, 0.15) is 59.8 Å². The molecule has 0 aromatic heterocycles. The Morgan fingerprint density at radius 3 is 2.63 bits per heavy atom. The molecule has 0 aliphatic carbocycles. The summed E-state index contributed by atoms with van der Waals surface area (Å²) in [6.45, 7) is 12.5. The molecule has 1 fully saturated rings. The average molecular weight is 270 g/mol. The van der Waals surface area contributed by atoms with E-state index in [-0.39, 0.29) is 12.1 Å². The second-order valence-corrected chi connectivity index (χ2v) is 6.81. The fourth-order valence-corrected chi connectivity index (χ4v) is 3.16. The third-order valence-corrected chi connectivity index (χ3v) is 4.48. The minimum Gasteiger partial charge on any atom is -0.394 e. The molecular weight excluding hydrogens is 236 g/mol. The van der Waals surface area contributed by atoms with E-state index in [9.17, 15) is 5.11 Å². The minimum atomic E-state index is -0.134. The van der Waals surface area contributed by atoms with Gasteiger partial charge in [-0.15, -0.1) is 0 Å². The maximum absolute atomic E-state index is 9.62. The number of aliphatic hydroxyl groups excluding tert-OH is 1. The van der Waals surface area contributed by atoms with Crippen LogP contribution in [0.2, 0.25) is 0 Å². The molecule has 1 heterocycles. The molecule has 0 bridgehead atoms. The molecule has 0 aromatic rings. The maximum atomic E-state index is 9.62. The van der Waals surface area contributed by atoms with Gasteiger partial charge in [0.15, 0.2) is 0 Å². The van der Waals surface area contributed by atoms with Crippen molar-refractivity contribution < 1.29 is 5.11 Å². The van der Waals surface area contributed by atoms with Crippen molar-refractivity contribution in [3.8, 4) is 0 Å². The van der Waals surface area contributed by atoms with Gasteiger partial charge in [-0.2, -0.15) is 0 Å². The van der Waals surface area contributed by atoms with Crippen molar-refractivity contribution in [3.63, 3.8) is 0 Å². The quantitative estimate of drug-likeness (QED) is 0.746. The van der Waals surface area contributed by atoms with E-state index in [1.54, 1.807) is 0 Å². The number of hydrogen-bond acceptors (Lipinski definition) is 3. The first-order valence-corrected chi connectivity index (χ1v) is 8.10. The van der Waals surface area contributed by atoms with E-state index in [2.05, 4.69) is 37.9 Å². The third kappa shape index (κ3) is 6.24. The lowest BCUT2D eigenvalue weighted by atomic mass is 9.97. The van der Waals surface area contributed by atoms with Crippen LogP contribution >= 0.6 is 0 Å². The molecule has 0 aromatic carbocycles. The first-order valence-electron chi connectivity index (χ1n) is 8.10. The van der Waals surface area contributed by atoms with Gasteiger partial charge in [0.1, 0.15) is 0 Å². The zero-order valence-electron chi connectivity index (χ0n) is 13.4. The van der Waals surface area contributed by atoms with Crippen molar-refractivity contribution in [2.45, 2.75) is 71.4 Å². The Balaban J connectivity index is 2.37. The monoisotopic (exact) mass is 270 g/mol. The molecule has 0 amide bonds. The summed E-state index contributed by atoms with van der Waals surface area (Å²) < 4.78 is 0. The average Bonchev–Trinajstić information content (AvgIpc) is 2.60. The number of nitrogens with one attached hydrogen (secondary N) is 1. The fourth-order valence-electron chi connectivity index (χ4n) is 3.16. The summed E-state index contributed by atoms with van der Waals surface area (Å²) in [4.78, 5) is 2.59. The number of likely N-dealkylation sites (tertiary alicyclic amines) is 1. The van der Waals surface area contributed by atoms with Gasteiger partial charge in [0.25, 0.3) is 0 Å². The molecular formula is C16H34N2O. The van der Waals surface area contributed by atoms with Crippen molar-refractivity contribution in [3.05, 3.63) is 0 Å². The molecule has 1 rings (SSSR count). The van der Waals surface area contributed by atoms with E-state index >= 15 is 0 Å². The standard InChI is InChI=1S/C16H34N2O/c1-5-15-7-6-10-18(11-8-15)12-9-16(4,13-19)17-14(2)3/h14-15,17,19H,5-13H2,1-4H3. The second kappa shape index (κ2) is 8.23. The smallest absolute Gasteiger partial charge is 0.0611 e. The summed E-state index contributed by atoms with van der Waals surface area (Å²) in [6.07, 6.45) is 6.44. The van der Waals surface area contributed by atoms with Crippen LogP contribution in [-0.2, 0) is 0 Å². The van der Waals surface area contributed by atoms with Crippen LogP contribution < -0.4 is 5.32 Å². The van der Waals surface area contributed by atoms with Gasteiger partial charge in [-0.3, -0.25) is 0 Å². The molecule has 0 radical (unpaired) electrons. The zero-order valence-corrected chi connectivity index (χ0v) is 13.4. The van der Waals surface area contributed by atoms with Crippen LogP contribution in [0, 0.1) is 5.92 Å². The molecule has 2 unspecified atom stereocenters. The Hall–Kier alpha value is -0.120. The lowest BCUT2D eigenvalue weighted by Gasteiger charge is -2.33. The van der Waals surface area contributed by atoms with Gasteiger partial charge < -0.3 is 15.3 Å². The summed E-state index contributed by atoms with van der Waals surface area (Å²) >= 11 is 0. The maximum Gasteiger partial charge on any atom is 0.0611 e. The molecule has 19 heavy (non-hydrogen) atoms. The molecule has 1 saturated heterocycles.